The summed E-state index contributed by atoms with van der Waals surface area (Å²) in [4.78, 5) is 15.3. The maximum Gasteiger partial charge on any atom is 0.313 e. The van der Waals surface area contributed by atoms with Gasteiger partial charge in [0.15, 0.2) is 0 Å². The van der Waals surface area contributed by atoms with Crippen molar-refractivity contribution in [3.63, 3.8) is 0 Å². The molecule has 0 radical (unpaired) electrons. The first-order valence-corrected chi connectivity index (χ1v) is 9.53. The molecule has 2 bridgehead atoms. The number of likely N-dealkylation sites (tertiary alicyclic amines) is 1. The van der Waals surface area contributed by atoms with Gasteiger partial charge in [0.25, 0.3) is 0 Å². The Morgan fingerprint density at radius 2 is 2.19 bits per heavy atom. The Hall–Kier alpha value is -2.58. The second kappa shape index (κ2) is 6.86. The molecule has 0 unspecified atom stereocenters. The first-order valence-electron chi connectivity index (χ1n) is 9.53. The number of nitrogens with zero attached hydrogens (tertiary/aromatic N) is 3. The van der Waals surface area contributed by atoms with E-state index in [4.69, 9.17) is 10.00 Å². The number of esters is 1. The van der Waals surface area contributed by atoms with Crippen LogP contribution in [0.15, 0.2) is 35.9 Å². The second-order valence-electron chi connectivity index (χ2n) is 7.48. The van der Waals surface area contributed by atoms with Crippen LogP contribution in [-0.2, 0) is 16.6 Å². The standard InChI is InChI=1S/C22H25N3O2/c1-4-14-13-25(11-7-10-23)18-12-16(14)20(22(26)27-3)19-15-8-5-6-9-17(15)24(2)21(18)19/h4-6,8-9,16,18,20H,7,11-13H2,1-3H3/b14-4-/t16-,18-,20+/m1/s1. The molecule has 2 aromatic rings. The Labute approximate surface area is 159 Å². The van der Waals surface area contributed by atoms with E-state index < -0.39 is 0 Å². The fourth-order valence-corrected chi connectivity index (χ4v) is 5.15. The maximum absolute atomic E-state index is 12.9. The number of carbonyl (C=O) groups is 1. The fraction of sp³-hybridized carbons (Fsp3) is 0.455. The predicted molar refractivity (Wildman–Crippen MR) is 104 cm³/mol. The van der Waals surface area contributed by atoms with Crippen molar-refractivity contribution >= 4 is 16.9 Å². The van der Waals surface area contributed by atoms with Crippen LogP contribution in [0.3, 0.4) is 0 Å². The van der Waals surface area contributed by atoms with Gasteiger partial charge in [0.05, 0.1) is 25.1 Å². The lowest BCUT2D eigenvalue weighted by molar-refractivity contribution is -0.144. The predicted octanol–water partition coefficient (Wildman–Crippen LogP) is 3.67. The molecule has 0 saturated carbocycles. The van der Waals surface area contributed by atoms with E-state index in [1.54, 1.807) is 0 Å². The number of ether oxygens (including phenoxy) is 1. The summed E-state index contributed by atoms with van der Waals surface area (Å²) < 4.78 is 7.49. The number of aromatic nitrogens is 1. The van der Waals surface area contributed by atoms with Gasteiger partial charge in [-0.25, -0.2) is 0 Å². The number of methoxy groups -OCH3 is 1. The van der Waals surface area contributed by atoms with E-state index in [1.807, 2.05) is 19.1 Å². The van der Waals surface area contributed by atoms with Crippen LogP contribution >= 0.6 is 0 Å². The van der Waals surface area contributed by atoms with E-state index in [9.17, 15) is 4.79 Å². The number of aryl methyl sites for hydroxylation is 1. The third kappa shape index (κ3) is 2.59. The number of hydrogen-bond acceptors (Lipinski definition) is 4. The van der Waals surface area contributed by atoms with Crippen LogP contribution in [0.4, 0.5) is 0 Å². The zero-order valence-electron chi connectivity index (χ0n) is 16.1. The van der Waals surface area contributed by atoms with Crippen molar-refractivity contribution in [3.8, 4) is 6.07 Å². The summed E-state index contributed by atoms with van der Waals surface area (Å²) in [6.07, 6.45) is 3.55. The average molecular weight is 363 g/mol. The van der Waals surface area contributed by atoms with Gasteiger partial charge < -0.3 is 9.30 Å². The quantitative estimate of drug-likeness (QED) is 0.617. The van der Waals surface area contributed by atoms with Gasteiger partial charge in [-0.2, -0.15) is 5.26 Å². The molecule has 5 heteroatoms. The Kier molecular flexibility index (Phi) is 4.53. The van der Waals surface area contributed by atoms with Crippen LogP contribution in [0.1, 0.15) is 43.0 Å². The van der Waals surface area contributed by atoms with E-state index >= 15 is 0 Å². The smallest absolute Gasteiger partial charge is 0.313 e. The minimum Gasteiger partial charge on any atom is -0.469 e. The number of piperidine rings is 1. The molecule has 2 heterocycles. The number of carbonyl (C=O) groups excluding carboxylic acids is 1. The van der Waals surface area contributed by atoms with Gasteiger partial charge in [-0.05, 0) is 25.0 Å². The highest BCUT2D eigenvalue weighted by Gasteiger charge is 2.48. The Morgan fingerprint density at radius 1 is 1.41 bits per heavy atom. The molecule has 27 heavy (non-hydrogen) atoms. The maximum atomic E-state index is 12.9. The second-order valence-corrected chi connectivity index (χ2v) is 7.48. The van der Waals surface area contributed by atoms with Crippen LogP contribution in [0.5, 0.6) is 0 Å². The summed E-state index contributed by atoms with van der Waals surface area (Å²) in [5, 5.41) is 10.2. The molecule has 1 aliphatic carbocycles. The molecule has 5 nitrogen and oxygen atoms in total. The molecular formula is C22H25N3O2. The number of nitriles is 1. The molecular weight excluding hydrogens is 338 g/mol. The van der Waals surface area contributed by atoms with Gasteiger partial charge in [-0.3, -0.25) is 9.69 Å². The van der Waals surface area contributed by atoms with Crippen LogP contribution in [0.2, 0.25) is 0 Å². The first-order chi connectivity index (χ1) is 13.1. The lowest BCUT2D eigenvalue weighted by Gasteiger charge is -2.47. The summed E-state index contributed by atoms with van der Waals surface area (Å²) in [6.45, 7) is 3.60. The van der Waals surface area contributed by atoms with Gasteiger partial charge in [0, 0.05) is 49.1 Å². The van der Waals surface area contributed by atoms with Crippen molar-refractivity contribution in [1.82, 2.24) is 9.47 Å². The third-order valence-corrected chi connectivity index (χ3v) is 6.34. The summed E-state index contributed by atoms with van der Waals surface area (Å²) in [6, 6.07) is 10.8. The van der Waals surface area contributed by atoms with E-state index in [-0.39, 0.29) is 23.8 Å². The minimum absolute atomic E-state index is 0.152. The first kappa shape index (κ1) is 17.8. The van der Waals surface area contributed by atoms with Crippen molar-refractivity contribution in [2.45, 2.75) is 31.7 Å². The summed E-state index contributed by atoms with van der Waals surface area (Å²) in [5.41, 5.74) is 4.74. The van der Waals surface area contributed by atoms with Gasteiger partial charge >= 0.3 is 5.97 Å². The number of rotatable bonds is 3. The van der Waals surface area contributed by atoms with Crippen LogP contribution in [0.25, 0.3) is 10.9 Å². The van der Waals surface area contributed by atoms with Gasteiger partial charge in [0.1, 0.15) is 0 Å². The summed E-state index contributed by atoms with van der Waals surface area (Å²) in [7, 11) is 3.57. The Bertz CT molecular complexity index is 966. The zero-order chi connectivity index (χ0) is 19.1. The number of benzene rings is 1. The molecule has 1 aromatic heterocycles. The molecule has 1 fully saturated rings. The third-order valence-electron chi connectivity index (χ3n) is 6.34. The van der Waals surface area contributed by atoms with Gasteiger partial charge in [-0.15, -0.1) is 0 Å². The molecule has 0 spiro atoms. The van der Waals surface area contributed by atoms with Gasteiger partial charge in [0.2, 0.25) is 0 Å². The van der Waals surface area contributed by atoms with Gasteiger partial charge in [-0.1, -0.05) is 29.8 Å². The molecule has 3 atom stereocenters. The fourth-order valence-electron chi connectivity index (χ4n) is 5.15. The van der Waals surface area contributed by atoms with Crippen LogP contribution in [0, 0.1) is 17.2 Å². The van der Waals surface area contributed by atoms with E-state index in [0.29, 0.717) is 6.42 Å². The van der Waals surface area contributed by atoms with Crippen molar-refractivity contribution in [2.75, 3.05) is 20.2 Å². The Morgan fingerprint density at radius 3 is 2.89 bits per heavy atom. The highest BCUT2D eigenvalue weighted by molar-refractivity contribution is 5.93. The SMILES string of the molecule is C/C=C1/CN(CCC#N)[C@@H]2C[C@H]1[C@H](C(=O)OC)c1c2n(C)c2ccccc12. The molecule has 2 aliphatic rings. The monoisotopic (exact) mass is 363 g/mol. The largest absolute Gasteiger partial charge is 0.469 e. The number of fused-ring (bicyclic) bond motifs is 6. The molecule has 140 valence electrons. The van der Waals surface area contributed by atoms with Crippen molar-refractivity contribution in [3.05, 3.63) is 47.2 Å². The van der Waals surface area contributed by atoms with E-state index in [1.165, 1.54) is 18.4 Å². The zero-order valence-corrected chi connectivity index (χ0v) is 16.1. The molecule has 1 aliphatic heterocycles. The molecule has 4 rings (SSSR count). The van der Waals surface area contributed by atoms with Crippen molar-refractivity contribution in [2.24, 2.45) is 13.0 Å². The van der Waals surface area contributed by atoms with Crippen molar-refractivity contribution in [1.29, 1.82) is 5.26 Å². The average Bonchev–Trinajstić information content (AvgIpc) is 3.00. The van der Waals surface area contributed by atoms with Crippen LogP contribution in [-0.4, -0.2) is 35.6 Å². The van der Waals surface area contributed by atoms with E-state index in [0.717, 1.165) is 36.0 Å². The molecule has 0 amide bonds. The molecule has 1 aromatic carbocycles. The van der Waals surface area contributed by atoms with Crippen molar-refractivity contribution < 1.29 is 9.53 Å². The normalized spacial score (nSPS) is 26.0. The van der Waals surface area contributed by atoms with Crippen LogP contribution < -0.4 is 0 Å². The highest BCUT2D eigenvalue weighted by atomic mass is 16.5. The molecule has 0 N–H and O–H groups in total. The minimum atomic E-state index is -0.267. The lowest BCUT2D eigenvalue weighted by atomic mass is 9.68. The number of allylic oxidation sites excluding steroid dienone is 1. The number of hydrogen-bond donors (Lipinski definition) is 0. The van der Waals surface area contributed by atoms with E-state index in [2.05, 4.69) is 40.8 Å². The number of para-hydroxylation sites is 1. The summed E-state index contributed by atoms with van der Waals surface area (Å²) >= 11 is 0. The summed E-state index contributed by atoms with van der Waals surface area (Å²) in [5.74, 6) is -0.262. The highest BCUT2D eigenvalue weighted by Crippen LogP contribution is 2.53. The topological polar surface area (TPSA) is 58.3 Å². The lowest BCUT2D eigenvalue weighted by Crippen LogP contribution is -2.46. The Balaban J connectivity index is 1.97. The molecule has 1 saturated heterocycles.